The Morgan fingerprint density at radius 1 is 1.55 bits per heavy atom. The third-order valence-corrected chi connectivity index (χ3v) is 0.979. The van der Waals surface area contributed by atoms with Crippen LogP contribution in [0.1, 0.15) is 12.8 Å². The van der Waals surface area contributed by atoms with Crippen molar-refractivity contribution in [2.75, 3.05) is 6.54 Å². The molecule has 0 aliphatic heterocycles. The zero-order valence-electron chi connectivity index (χ0n) is 5.96. The molecule has 0 saturated carbocycles. The highest BCUT2D eigenvalue weighted by Crippen LogP contribution is 1.85. The summed E-state index contributed by atoms with van der Waals surface area (Å²) < 4.78 is 0. The lowest BCUT2D eigenvalue weighted by Gasteiger charge is -1.97. The van der Waals surface area contributed by atoms with Gasteiger partial charge in [0.05, 0.1) is 12.5 Å². The highest BCUT2D eigenvalue weighted by molar-refractivity contribution is 5.81. The third-order valence-electron chi connectivity index (χ3n) is 0.979. The summed E-state index contributed by atoms with van der Waals surface area (Å²) in [4.78, 5) is 20.7. The smallest absolute Gasteiger partial charge is 0.312 e. The van der Waals surface area contributed by atoms with Crippen LogP contribution in [-0.2, 0) is 4.79 Å². The third kappa shape index (κ3) is 6.31. The number of nitrogens with one attached hydrogen (secondary N) is 1. The minimum Gasteiger partial charge on any atom is -0.352 e. The first-order chi connectivity index (χ1) is 5.16. The maximum atomic E-state index is 10.6. The fourth-order valence-electron chi connectivity index (χ4n) is 0.502. The first-order valence-electron chi connectivity index (χ1n) is 3.08. The number of urea groups is 1. The summed E-state index contributed by atoms with van der Waals surface area (Å²) in [6.45, 7) is 0.204. The molecule has 3 N–H and O–H groups in total. The number of nitrogens with zero attached hydrogens (tertiary/aromatic N) is 1. The number of carbonyl (C=O) groups is 2. The number of nitriles is 1. The number of ketones is 1. The van der Waals surface area contributed by atoms with Gasteiger partial charge in [-0.25, -0.2) is 4.79 Å². The molecule has 0 rings (SSSR count). The van der Waals surface area contributed by atoms with Crippen molar-refractivity contribution in [3.63, 3.8) is 0 Å². The minimum atomic E-state index is -0.658. The Hall–Kier alpha value is -1.57. The molecule has 0 atom stereocenters. The largest absolute Gasteiger partial charge is 0.352 e. The summed E-state index contributed by atoms with van der Waals surface area (Å²) in [5, 5.41) is 10.3. The second-order valence-corrected chi connectivity index (χ2v) is 1.91. The van der Waals surface area contributed by atoms with Crippen LogP contribution in [-0.4, -0.2) is 18.4 Å². The van der Waals surface area contributed by atoms with Gasteiger partial charge in [0.25, 0.3) is 0 Å². The van der Waals surface area contributed by atoms with Crippen LogP contribution < -0.4 is 11.1 Å². The van der Waals surface area contributed by atoms with Gasteiger partial charge in [0, 0.05) is 13.0 Å². The molecule has 2 amide bonds. The van der Waals surface area contributed by atoms with Gasteiger partial charge in [-0.05, 0) is 0 Å². The Kier molecular flexibility index (Phi) is 4.49. The van der Waals surface area contributed by atoms with Gasteiger partial charge < -0.3 is 11.1 Å². The number of Topliss-reactive ketones (excluding diaryl/α,β-unsaturated/α-hetero) is 1. The minimum absolute atomic E-state index is 0.111. The fourth-order valence-corrected chi connectivity index (χ4v) is 0.502. The molecule has 5 nitrogen and oxygen atoms in total. The average Bonchev–Trinajstić information content (AvgIpc) is 1.87. The molecule has 0 unspecified atom stereocenters. The molecular formula is C6H9N3O2. The monoisotopic (exact) mass is 155 g/mol. The number of carbonyl (C=O) groups excluding carboxylic acids is 2. The van der Waals surface area contributed by atoms with E-state index >= 15 is 0 Å². The van der Waals surface area contributed by atoms with Crippen molar-refractivity contribution >= 4 is 11.8 Å². The SMILES string of the molecule is N#CCC(=O)CCNC(N)=O. The van der Waals surface area contributed by atoms with Gasteiger partial charge in [0.15, 0.2) is 0 Å². The van der Waals surface area contributed by atoms with Crippen LogP contribution >= 0.6 is 0 Å². The summed E-state index contributed by atoms with van der Waals surface area (Å²) >= 11 is 0. The number of rotatable bonds is 4. The first-order valence-corrected chi connectivity index (χ1v) is 3.08. The van der Waals surface area contributed by atoms with Crippen molar-refractivity contribution in [2.24, 2.45) is 5.73 Å². The lowest BCUT2D eigenvalue weighted by atomic mass is 10.2. The average molecular weight is 155 g/mol. The molecule has 60 valence electrons. The molecule has 0 fully saturated rings. The molecule has 0 aromatic carbocycles. The van der Waals surface area contributed by atoms with Crippen molar-refractivity contribution in [2.45, 2.75) is 12.8 Å². The van der Waals surface area contributed by atoms with Gasteiger partial charge in [-0.1, -0.05) is 0 Å². The Morgan fingerprint density at radius 3 is 2.64 bits per heavy atom. The number of nitrogens with two attached hydrogens (primary N) is 1. The van der Waals surface area contributed by atoms with Crippen LogP contribution in [0.15, 0.2) is 0 Å². The second-order valence-electron chi connectivity index (χ2n) is 1.91. The van der Waals surface area contributed by atoms with Crippen LogP contribution in [0.25, 0.3) is 0 Å². The quantitative estimate of drug-likeness (QED) is 0.574. The zero-order valence-corrected chi connectivity index (χ0v) is 5.96. The van der Waals surface area contributed by atoms with E-state index in [9.17, 15) is 9.59 Å². The number of primary amides is 1. The van der Waals surface area contributed by atoms with E-state index in [-0.39, 0.29) is 25.2 Å². The molecule has 0 bridgehead atoms. The van der Waals surface area contributed by atoms with Crippen molar-refractivity contribution in [3.8, 4) is 6.07 Å². The summed E-state index contributed by atoms with van der Waals surface area (Å²) in [6, 6.07) is 1.05. The molecule has 0 saturated heterocycles. The lowest BCUT2D eigenvalue weighted by Crippen LogP contribution is -2.31. The van der Waals surface area contributed by atoms with E-state index in [4.69, 9.17) is 11.0 Å². The van der Waals surface area contributed by atoms with E-state index in [1.54, 1.807) is 6.07 Å². The number of hydrogen-bond acceptors (Lipinski definition) is 3. The van der Waals surface area contributed by atoms with Crippen LogP contribution in [0.2, 0.25) is 0 Å². The number of amides is 2. The Labute approximate surface area is 64.2 Å². The van der Waals surface area contributed by atoms with E-state index in [1.165, 1.54) is 0 Å². The van der Waals surface area contributed by atoms with Gasteiger partial charge in [0.2, 0.25) is 0 Å². The van der Waals surface area contributed by atoms with E-state index in [1.807, 2.05) is 0 Å². The highest BCUT2D eigenvalue weighted by atomic mass is 16.2. The molecular weight excluding hydrogens is 146 g/mol. The topological polar surface area (TPSA) is 96.0 Å². The van der Waals surface area contributed by atoms with E-state index in [0.29, 0.717) is 0 Å². The molecule has 0 aromatic rings. The van der Waals surface area contributed by atoms with Crippen molar-refractivity contribution in [1.29, 1.82) is 5.26 Å². The first kappa shape index (κ1) is 9.43. The van der Waals surface area contributed by atoms with Gasteiger partial charge >= 0.3 is 6.03 Å². The van der Waals surface area contributed by atoms with Crippen LogP contribution in [0.4, 0.5) is 4.79 Å². The van der Waals surface area contributed by atoms with Crippen molar-refractivity contribution in [1.82, 2.24) is 5.32 Å². The molecule has 0 heterocycles. The van der Waals surface area contributed by atoms with Gasteiger partial charge in [0.1, 0.15) is 5.78 Å². The van der Waals surface area contributed by atoms with Crippen LogP contribution in [0.5, 0.6) is 0 Å². The Morgan fingerprint density at radius 2 is 2.18 bits per heavy atom. The van der Waals surface area contributed by atoms with E-state index in [2.05, 4.69) is 5.32 Å². The maximum Gasteiger partial charge on any atom is 0.312 e. The van der Waals surface area contributed by atoms with Crippen LogP contribution in [0.3, 0.4) is 0 Å². The van der Waals surface area contributed by atoms with Crippen LogP contribution in [0, 0.1) is 11.3 Å². The molecule has 0 aromatic heterocycles. The molecule has 11 heavy (non-hydrogen) atoms. The molecule has 5 heteroatoms. The van der Waals surface area contributed by atoms with Crippen molar-refractivity contribution < 1.29 is 9.59 Å². The van der Waals surface area contributed by atoms with E-state index in [0.717, 1.165) is 0 Å². The summed E-state index contributed by atoms with van der Waals surface area (Å²) in [7, 11) is 0. The predicted octanol–water partition coefficient (Wildman–Crippen LogP) is -0.472. The Balaban J connectivity index is 3.33. The number of hydrogen-bond donors (Lipinski definition) is 2. The van der Waals surface area contributed by atoms with E-state index < -0.39 is 6.03 Å². The normalized spacial score (nSPS) is 8.27. The Bertz CT molecular complexity index is 194. The van der Waals surface area contributed by atoms with Gasteiger partial charge in [-0.2, -0.15) is 5.26 Å². The lowest BCUT2D eigenvalue weighted by molar-refractivity contribution is -0.118. The summed E-state index contributed by atoms with van der Waals surface area (Å²) in [5.41, 5.74) is 4.73. The predicted molar refractivity (Wildman–Crippen MR) is 37.4 cm³/mol. The molecule has 0 radical (unpaired) electrons. The van der Waals surface area contributed by atoms with Gasteiger partial charge in [-0.3, -0.25) is 4.79 Å². The zero-order chi connectivity index (χ0) is 8.69. The van der Waals surface area contributed by atoms with Crippen molar-refractivity contribution in [3.05, 3.63) is 0 Å². The maximum absolute atomic E-state index is 10.6. The summed E-state index contributed by atoms with van der Waals surface area (Å²) in [5.74, 6) is -0.193. The second kappa shape index (κ2) is 5.23. The summed E-state index contributed by atoms with van der Waals surface area (Å²) in [6.07, 6.45) is 0.0525. The molecule has 0 spiro atoms. The molecule has 0 aliphatic carbocycles. The van der Waals surface area contributed by atoms with Gasteiger partial charge in [-0.15, -0.1) is 0 Å². The standard InChI is InChI=1S/C6H9N3O2/c7-3-1-5(10)2-4-9-6(8)11/h1-2,4H2,(H3,8,9,11). The fraction of sp³-hybridized carbons (Fsp3) is 0.500. The molecule has 0 aliphatic rings. The highest BCUT2D eigenvalue weighted by Gasteiger charge is 1.99.